The van der Waals surface area contributed by atoms with E-state index in [1.54, 1.807) is 6.20 Å². The van der Waals surface area contributed by atoms with Crippen molar-refractivity contribution < 1.29 is 19.1 Å². The molecule has 2 heterocycles. The summed E-state index contributed by atoms with van der Waals surface area (Å²) in [7, 11) is 3.13. The van der Waals surface area contributed by atoms with Crippen molar-refractivity contribution in [2.75, 3.05) is 20.7 Å². The van der Waals surface area contributed by atoms with E-state index in [1.165, 1.54) is 14.0 Å². The van der Waals surface area contributed by atoms with Gasteiger partial charge in [-0.05, 0) is 24.6 Å². The summed E-state index contributed by atoms with van der Waals surface area (Å²) in [6.07, 6.45) is 1.76. The predicted molar refractivity (Wildman–Crippen MR) is 127 cm³/mol. The number of carbonyl (C=O) groups excluding carboxylic acids is 3. The number of hydrogen-bond donors (Lipinski definition) is 0. The summed E-state index contributed by atoms with van der Waals surface area (Å²) in [4.78, 5) is 40.5. The summed E-state index contributed by atoms with van der Waals surface area (Å²) < 4.78 is 6.99. The summed E-state index contributed by atoms with van der Waals surface area (Å²) in [5, 5.41) is 0.979. The highest BCUT2D eigenvalue weighted by atomic mass is 16.5. The normalized spacial score (nSPS) is 18.2. The molecule has 33 heavy (non-hydrogen) atoms. The van der Waals surface area contributed by atoms with E-state index in [2.05, 4.69) is 0 Å². The lowest BCUT2D eigenvalue weighted by Crippen LogP contribution is -2.40. The zero-order valence-electron chi connectivity index (χ0n) is 19.2. The third kappa shape index (κ3) is 4.60. The number of methoxy groups -OCH3 is 1. The van der Waals surface area contributed by atoms with Gasteiger partial charge in [-0.2, -0.15) is 0 Å². The van der Waals surface area contributed by atoms with Crippen LogP contribution in [0.1, 0.15) is 29.4 Å². The highest BCUT2D eigenvalue weighted by molar-refractivity contribution is 6.02. The van der Waals surface area contributed by atoms with Gasteiger partial charge in [-0.3, -0.25) is 9.59 Å². The zero-order chi connectivity index (χ0) is 23.5. The first-order valence-electron chi connectivity index (χ1n) is 11.0. The first kappa shape index (κ1) is 22.5. The average molecular weight is 445 g/mol. The van der Waals surface area contributed by atoms with Gasteiger partial charge in [0.2, 0.25) is 0 Å². The number of carbonyl (C=O) groups is 3. The van der Waals surface area contributed by atoms with Crippen LogP contribution in [0.25, 0.3) is 10.9 Å². The number of ether oxygens (including phenoxy) is 1. The Balaban J connectivity index is 1.73. The van der Waals surface area contributed by atoms with Gasteiger partial charge in [-0.1, -0.05) is 48.5 Å². The Morgan fingerprint density at radius 1 is 1.03 bits per heavy atom. The molecule has 0 fully saturated rings. The molecule has 4 rings (SSSR count). The van der Waals surface area contributed by atoms with Gasteiger partial charge in [0.15, 0.2) is 5.78 Å². The number of benzene rings is 2. The summed E-state index contributed by atoms with van der Waals surface area (Å²) in [6, 6.07) is 19.8. The molecule has 1 aromatic heterocycles. The van der Waals surface area contributed by atoms with Crippen LogP contribution >= 0.6 is 0 Å². The molecule has 0 aliphatic carbocycles. The molecule has 2 aromatic carbocycles. The van der Waals surface area contributed by atoms with Crippen LogP contribution in [0.2, 0.25) is 0 Å². The molecular weight excluding hydrogens is 416 g/mol. The maximum Gasteiger partial charge on any atom is 0.335 e. The number of para-hydroxylation sites is 1. The average Bonchev–Trinajstić information content (AvgIpc) is 3.18. The lowest BCUT2D eigenvalue weighted by molar-refractivity contribution is -0.137. The van der Waals surface area contributed by atoms with Gasteiger partial charge in [0.1, 0.15) is 5.78 Å². The van der Waals surface area contributed by atoms with Crippen LogP contribution in [-0.4, -0.2) is 47.7 Å². The minimum Gasteiger partial charge on any atom is -0.466 e. The standard InChI is InChI=1S/C27H28N2O4/c1-18(30)22-16-28(2)17-23(27(32)33-3)21(22)14-26(31)25-13-20-11-7-8-12-24(20)29(25)15-19-9-5-4-6-10-19/h4-13,17,21-22H,14-16H2,1-3H3. The molecule has 6 heteroatoms. The van der Waals surface area contributed by atoms with Crippen LogP contribution in [0.15, 0.2) is 72.4 Å². The second-order valence-corrected chi connectivity index (χ2v) is 8.63. The van der Waals surface area contributed by atoms with Gasteiger partial charge < -0.3 is 14.2 Å². The van der Waals surface area contributed by atoms with E-state index in [9.17, 15) is 14.4 Å². The van der Waals surface area contributed by atoms with Crippen molar-refractivity contribution in [2.45, 2.75) is 19.9 Å². The zero-order valence-corrected chi connectivity index (χ0v) is 19.2. The van der Waals surface area contributed by atoms with Gasteiger partial charge in [-0.25, -0.2) is 4.79 Å². The number of hydrogen-bond acceptors (Lipinski definition) is 5. The molecule has 0 amide bonds. The third-order valence-corrected chi connectivity index (χ3v) is 6.36. The largest absolute Gasteiger partial charge is 0.466 e. The van der Waals surface area contributed by atoms with Crippen molar-refractivity contribution in [2.24, 2.45) is 11.8 Å². The topological polar surface area (TPSA) is 68.6 Å². The van der Waals surface area contributed by atoms with Crippen molar-refractivity contribution in [3.05, 3.63) is 83.7 Å². The van der Waals surface area contributed by atoms with E-state index in [-0.39, 0.29) is 18.0 Å². The number of ketones is 2. The molecule has 0 N–H and O–H groups in total. The van der Waals surface area contributed by atoms with Crippen LogP contribution in [-0.2, 0) is 20.9 Å². The number of Topliss-reactive ketones (excluding diaryl/α,β-unsaturated/α-hetero) is 2. The Hall–Kier alpha value is -3.67. The fraction of sp³-hybridized carbons (Fsp3) is 0.296. The van der Waals surface area contributed by atoms with Crippen LogP contribution in [0.5, 0.6) is 0 Å². The molecule has 0 spiro atoms. The molecule has 1 aliphatic heterocycles. The quantitative estimate of drug-likeness (QED) is 0.406. The Morgan fingerprint density at radius 3 is 2.42 bits per heavy atom. The number of nitrogens with zero attached hydrogens (tertiary/aromatic N) is 2. The van der Waals surface area contributed by atoms with Gasteiger partial charge in [0, 0.05) is 55.5 Å². The lowest BCUT2D eigenvalue weighted by atomic mass is 9.77. The highest BCUT2D eigenvalue weighted by Crippen LogP contribution is 2.33. The number of aromatic nitrogens is 1. The SMILES string of the molecule is COC(=O)C1=CN(C)CC(C(C)=O)C1CC(=O)c1cc2ccccc2n1Cc1ccccc1. The van der Waals surface area contributed by atoms with Gasteiger partial charge >= 0.3 is 5.97 Å². The minimum atomic E-state index is -0.526. The molecule has 2 unspecified atom stereocenters. The smallest absolute Gasteiger partial charge is 0.335 e. The predicted octanol–water partition coefficient (Wildman–Crippen LogP) is 4.09. The van der Waals surface area contributed by atoms with E-state index >= 15 is 0 Å². The van der Waals surface area contributed by atoms with E-state index < -0.39 is 17.8 Å². The molecule has 1 aliphatic rings. The molecule has 170 valence electrons. The molecule has 2 atom stereocenters. The summed E-state index contributed by atoms with van der Waals surface area (Å²) >= 11 is 0. The fourth-order valence-electron chi connectivity index (χ4n) is 4.71. The molecule has 0 saturated heterocycles. The Labute approximate surface area is 193 Å². The third-order valence-electron chi connectivity index (χ3n) is 6.36. The second kappa shape index (κ2) is 9.45. The van der Waals surface area contributed by atoms with Crippen LogP contribution in [0.3, 0.4) is 0 Å². The van der Waals surface area contributed by atoms with E-state index in [1.807, 2.05) is 77.2 Å². The van der Waals surface area contributed by atoms with E-state index in [4.69, 9.17) is 4.74 Å². The summed E-state index contributed by atoms with van der Waals surface area (Å²) in [5.41, 5.74) is 3.00. The second-order valence-electron chi connectivity index (χ2n) is 8.63. The first-order chi connectivity index (χ1) is 15.9. The monoisotopic (exact) mass is 444 g/mol. The molecule has 0 saturated carbocycles. The Kier molecular flexibility index (Phi) is 6.45. The van der Waals surface area contributed by atoms with Crippen molar-refractivity contribution in [1.29, 1.82) is 0 Å². The Morgan fingerprint density at radius 2 is 1.73 bits per heavy atom. The van der Waals surface area contributed by atoms with E-state index in [0.717, 1.165) is 16.5 Å². The number of esters is 1. The van der Waals surface area contributed by atoms with E-state index in [0.29, 0.717) is 24.4 Å². The molecule has 0 bridgehead atoms. The highest BCUT2D eigenvalue weighted by Gasteiger charge is 2.38. The number of rotatable bonds is 7. The van der Waals surface area contributed by atoms with Gasteiger partial charge in [0.25, 0.3) is 0 Å². The Bertz CT molecular complexity index is 1230. The van der Waals surface area contributed by atoms with Crippen LogP contribution in [0.4, 0.5) is 0 Å². The van der Waals surface area contributed by atoms with Crippen molar-refractivity contribution in [3.63, 3.8) is 0 Å². The molecule has 0 radical (unpaired) electrons. The maximum absolute atomic E-state index is 13.7. The minimum absolute atomic E-state index is 0.0426. The summed E-state index contributed by atoms with van der Waals surface area (Å²) in [5.74, 6) is -1.63. The van der Waals surface area contributed by atoms with Gasteiger partial charge in [-0.15, -0.1) is 0 Å². The molecule has 3 aromatic rings. The maximum atomic E-state index is 13.7. The first-order valence-corrected chi connectivity index (χ1v) is 11.0. The molecular formula is C27H28N2O4. The summed E-state index contributed by atoms with van der Waals surface area (Å²) in [6.45, 7) is 2.53. The van der Waals surface area contributed by atoms with Crippen LogP contribution in [0, 0.1) is 11.8 Å². The van der Waals surface area contributed by atoms with Gasteiger partial charge in [0.05, 0.1) is 18.4 Å². The number of fused-ring (bicyclic) bond motifs is 1. The van der Waals surface area contributed by atoms with Crippen molar-refractivity contribution in [1.82, 2.24) is 9.47 Å². The fourth-order valence-corrected chi connectivity index (χ4v) is 4.71. The van der Waals surface area contributed by atoms with Crippen LogP contribution < -0.4 is 0 Å². The van der Waals surface area contributed by atoms with Crippen molar-refractivity contribution in [3.8, 4) is 0 Å². The van der Waals surface area contributed by atoms with Crippen molar-refractivity contribution >= 4 is 28.4 Å². The molecule has 6 nitrogen and oxygen atoms in total. The lowest BCUT2D eigenvalue weighted by Gasteiger charge is -2.34.